The van der Waals surface area contributed by atoms with Crippen molar-refractivity contribution in [2.75, 3.05) is 13.1 Å². The molecule has 0 heterocycles. The van der Waals surface area contributed by atoms with E-state index in [0.717, 1.165) is 36.1 Å². The van der Waals surface area contributed by atoms with Gasteiger partial charge in [0.1, 0.15) is 0 Å². The topological polar surface area (TPSA) is 58.2 Å². The lowest BCUT2D eigenvalue weighted by molar-refractivity contribution is 0.460. The van der Waals surface area contributed by atoms with Crippen LogP contribution in [0.4, 0.5) is 0 Å². The summed E-state index contributed by atoms with van der Waals surface area (Å²) in [6.07, 6.45) is 1.55. The highest BCUT2D eigenvalue weighted by Gasteiger charge is 2.35. The van der Waals surface area contributed by atoms with Crippen LogP contribution in [0.3, 0.4) is 0 Å². The summed E-state index contributed by atoms with van der Waals surface area (Å²) in [5, 5.41) is 3.86. The number of unbranched alkanes of at least 4 members (excludes halogenated alkanes) is 1. The van der Waals surface area contributed by atoms with E-state index in [2.05, 4.69) is 82.8 Å². The van der Waals surface area contributed by atoms with Crippen LogP contribution in [-0.2, 0) is 15.6 Å². The summed E-state index contributed by atoms with van der Waals surface area (Å²) < 4.78 is 28.8. The molecule has 0 aliphatic carbocycles. The summed E-state index contributed by atoms with van der Waals surface area (Å²) in [6.45, 7) is 6.82. The molecule has 0 amide bonds. The van der Waals surface area contributed by atoms with Crippen LogP contribution in [0.5, 0.6) is 0 Å². The number of hydrogen-bond acceptors (Lipinski definition) is 3. The van der Waals surface area contributed by atoms with Gasteiger partial charge in [0.2, 0.25) is 10.0 Å². The molecule has 4 aromatic rings. The molecule has 0 aliphatic heterocycles. The molecule has 4 rings (SSSR count). The zero-order valence-corrected chi connectivity index (χ0v) is 22.7. The highest BCUT2D eigenvalue weighted by atomic mass is 32.2. The molecule has 0 aromatic heterocycles. The summed E-state index contributed by atoms with van der Waals surface area (Å²) in [4.78, 5) is 0.396. The van der Waals surface area contributed by atoms with Crippen molar-refractivity contribution in [3.63, 3.8) is 0 Å². The first kappa shape index (κ1) is 26.8. The fraction of sp³-hybridized carbons (Fsp3) is 0.250. The first-order valence-electron chi connectivity index (χ1n) is 12.8. The first-order valence-corrected chi connectivity index (χ1v) is 14.3. The van der Waals surface area contributed by atoms with Crippen molar-refractivity contribution in [3.05, 3.63) is 137 Å². The Morgan fingerprint density at radius 1 is 0.622 bits per heavy atom. The fourth-order valence-electron chi connectivity index (χ4n) is 5.27. The van der Waals surface area contributed by atoms with Crippen LogP contribution in [-0.4, -0.2) is 21.5 Å². The molecule has 2 N–H and O–H groups in total. The van der Waals surface area contributed by atoms with Gasteiger partial charge >= 0.3 is 0 Å². The monoisotopic (exact) mass is 512 g/mol. The van der Waals surface area contributed by atoms with Crippen LogP contribution in [0.15, 0.2) is 108 Å². The van der Waals surface area contributed by atoms with Gasteiger partial charge in [-0.25, -0.2) is 13.1 Å². The van der Waals surface area contributed by atoms with Crippen LogP contribution >= 0.6 is 0 Å². The SMILES string of the molecule is Cc1cc(C)c(S(=O)(=O)NCCCCNC(c2ccccc2)(c2ccccc2)c2ccccc2)c(C)c1. The molecule has 4 nitrogen and oxygen atoms in total. The Balaban J connectivity index is 1.49. The third kappa shape index (κ3) is 6.02. The summed E-state index contributed by atoms with van der Waals surface area (Å²) in [5.74, 6) is 0. The summed E-state index contributed by atoms with van der Waals surface area (Å²) >= 11 is 0. The van der Waals surface area contributed by atoms with E-state index >= 15 is 0 Å². The zero-order chi connectivity index (χ0) is 26.3. The lowest BCUT2D eigenvalue weighted by atomic mass is 9.77. The quantitative estimate of drug-likeness (QED) is 0.184. The van der Waals surface area contributed by atoms with Crippen LogP contribution < -0.4 is 10.0 Å². The second kappa shape index (κ2) is 11.9. The van der Waals surface area contributed by atoms with Crippen LogP contribution in [0.25, 0.3) is 0 Å². The highest BCUT2D eigenvalue weighted by molar-refractivity contribution is 7.89. The van der Waals surface area contributed by atoms with E-state index in [0.29, 0.717) is 11.4 Å². The molecule has 4 aromatic carbocycles. The first-order chi connectivity index (χ1) is 17.8. The largest absolute Gasteiger partial charge is 0.300 e. The van der Waals surface area contributed by atoms with Crippen LogP contribution in [0.2, 0.25) is 0 Å². The minimum absolute atomic E-state index is 0.395. The van der Waals surface area contributed by atoms with E-state index in [4.69, 9.17) is 0 Å². The van der Waals surface area contributed by atoms with Gasteiger partial charge in [0.25, 0.3) is 0 Å². The van der Waals surface area contributed by atoms with Crippen molar-refractivity contribution < 1.29 is 8.42 Å². The summed E-state index contributed by atoms with van der Waals surface area (Å²) in [6, 6.07) is 35.3. The van der Waals surface area contributed by atoms with E-state index in [-0.39, 0.29) is 0 Å². The maximum absolute atomic E-state index is 13.0. The summed E-state index contributed by atoms with van der Waals surface area (Å²) in [7, 11) is -3.55. The highest BCUT2D eigenvalue weighted by Crippen LogP contribution is 2.36. The van der Waals surface area contributed by atoms with Gasteiger partial charge in [-0.2, -0.15) is 0 Å². The molecule has 0 spiro atoms. The predicted molar refractivity (Wildman–Crippen MR) is 152 cm³/mol. The van der Waals surface area contributed by atoms with Gasteiger partial charge in [-0.3, -0.25) is 5.32 Å². The van der Waals surface area contributed by atoms with Gasteiger partial charge in [-0.05, 0) is 68.0 Å². The average Bonchev–Trinajstić information content (AvgIpc) is 2.89. The van der Waals surface area contributed by atoms with Crippen LogP contribution in [0.1, 0.15) is 46.2 Å². The molecule has 37 heavy (non-hydrogen) atoms. The van der Waals surface area contributed by atoms with Gasteiger partial charge < -0.3 is 0 Å². The Bertz CT molecular complexity index is 1280. The molecule has 5 heteroatoms. The van der Waals surface area contributed by atoms with E-state index in [9.17, 15) is 8.42 Å². The minimum atomic E-state index is -3.55. The van der Waals surface area contributed by atoms with Crippen molar-refractivity contribution in [3.8, 4) is 0 Å². The maximum atomic E-state index is 13.0. The smallest absolute Gasteiger partial charge is 0.241 e. The fourth-order valence-corrected chi connectivity index (χ4v) is 6.79. The van der Waals surface area contributed by atoms with Gasteiger partial charge in [-0.1, -0.05) is 109 Å². The molecule has 0 fully saturated rings. The molecule has 0 aliphatic rings. The number of aryl methyl sites for hydroxylation is 3. The van der Waals surface area contributed by atoms with E-state index in [1.54, 1.807) is 0 Å². The number of rotatable bonds is 11. The van der Waals surface area contributed by atoms with Crippen molar-refractivity contribution in [2.24, 2.45) is 0 Å². The molecule has 0 bridgehead atoms. The second-order valence-electron chi connectivity index (χ2n) is 9.61. The molecular weight excluding hydrogens is 476 g/mol. The molecule has 0 atom stereocenters. The molecule has 0 unspecified atom stereocenters. The van der Waals surface area contributed by atoms with Crippen molar-refractivity contribution in [1.29, 1.82) is 0 Å². The zero-order valence-electron chi connectivity index (χ0n) is 21.9. The molecule has 192 valence electrons. The normalized spacial score (nSPS) is 12.0. The Morgan fingerprint density at radius 3 is 1.46 bits per heavy atom. The Kier molecular flexibility index (Phi) is 8.59. The number of nitrogens with one attached hydrogen (secondary N) is 2. The number of benzene rings is 4. The van der Waals surface area contributed by atoms with Crippen LogP contribution in [0, 0.1) is 20.8 Å². The summed E-state index contributed by atoms with van der Waals surface area (Å²) in [5.41, 5.74) is 5.61. The van der Waals surface area contributed by atoms with Gasteiger partial charge in [0, 0.05) is 6.54 Å². The van der Waals surface area contributed by atoms with E-state index < -0.39 is 15.6 Å². The standard InChI is InChI=1S/C32H36N2O2S/c1-25-23-26(2)31(27(3)24-25)37(35,36)34-22-14-13-21-33-32(28-15-7-4-8-16-28,29-17-9-5-10-18-29)30-19-11-6-12-20-30/h4-12,15-20,23-24,33-34H,13-14,21-22H2,1-3H3. The maximum Gasteiger partial charge on any atom is 0.241 e. The van der Waals surface area contributed by atoms with Gasteiger partial charge in [-0.15, -0.1) is 0 Å². The molecular formula is C32H36N2O2S. The van der Waals surface area contributed by atoms with Gasteiger partial charge in [0.05, 0.1) is 10.4 Å². The average molecular weight is 513 g/mol. The van der Waals surface area contributed by atoms with Crippen molar-refractivity contribution in [1.82, 2.24) is 10.0 Å². The molecule has 0 saturated carbocycles. The van der Waals surface area contributed by atoms with E-state index in [1.807, 2.05) is 51.1 Å². The number of hydrogen-bond donors (Lipinski definition) is 2. The molecule has 0 radical (unpaired) electrons. The predicted octanol–water partition coefficient (Wildman–Crippen LogP) is 6.25. The third-order valence-electron chi connectivity index (χ3n) is 6.78. The lowest BCUT2D eigenvalue weighted by Crippen LogP contribution is -2.45. The Hall–Kier alpha value is -3.25. The van der Waals surface area contributed by atoms with Gasteiger partial charge in [0.15, 0.2) is 0 Å². The second-order valence-corrected chi connectivity index (χ2v) is 11.3. The number of sulfonamides is 1. The molecule has 0 saturated heterocycles. The van der Waals surface area contributed by atoms with Crippen molar-refractivity contribution >= 4 is 10.0 Å². The minimum Gasteiger partial charge on any atom is -0.300 e. The third-order valence-corrected chi connectivity index (χ3v) is 8.55. The van der Waals surface area contributed by atoms with E-state index in [1.165, 1.54) is 16.7 Å². The Morgan fingerprint density at radius 2 is 1.03 bits per heavy atom. The van der Waals surface area contributed by atoms with Crippen molar-refractivity contribution in [2.45, 2.75) is 44.0 Å². The Labute approximate surface area is 221 Å². The lowest BCUT2D eigenvalue weighted by Gasteiger charge is -2.37.